The number of rotatable bonds is 3. The smallest absolute Gasteiger partial charge is 0.205 e. The summed E-state index contributed by atoms with van der Waals surface area (Å²) in [6, 6.07) is 5.48. The minimum Gasteiger partial charge on any atom is -0.440 e. The van der Waals surface area contributed by atoms with Gasteiger partial charge in [0.15, 0.2) is 5.58 Å². The number of oxazole rings is 1. The molecular weight excluding hydrogens is 254 g/mol. The number of hydrogen-bond acceptors (Lipinski definition) is 6. The van der Waals surface area contributed by atoms with Gasteiger partial charge in [-0.2, -0.15) is 0 Å². The van der Waals surface area contributed by atoms with Gasteiger partial charge in [-0.1, -0.05) is 11.8 Å². The molecule has 3 aromatic rings. The molecule has 2 aromatic heterocycles. The first-order chi connectivity index (χ1) is 8.31. The summed E-state index contributed by atoms with van der Waals surface area (Å²) in [5, 5.41) is 1.95. The van der Waals surface area contributed by atoms with E-state index in [4.69, 9.17) is 10.2 Å². The Kier molecular flexibility index (Phi) is 2.74. The summed E-state index contributed by atoms with van der Waals surface area (Å²) in [6.07, 6.45) is 1.79. The number of thiazole rings is 1. The van der Waals surface area contributed by atoms with Gasteiger partial charge in [0, 0.05) is 23.3 Å². The highest BCUT2D eigenvalue weighted by molar-refractivity contribution is 8.00. The lowest BCUT2D eigenvalue weighted by Gasteiger charge is -1.91. The highest BCUT2D eigenvalue weighted by atomic mass is 32.2. The molecule has 6 heteroatoms. The standard InChI is InChI=1S/C11H9N3OS2/c12-7-1-2-8-9(5-7)15-10(14-8)6-17-11-13-3-4-16-11/h1-5H,6,12H2. The van der Waals surface area contributed by atoms with E-state index in [9.17, 15) is 0 Å². The van der Waals surface area contributed by atoms with Gasteiger partial charge in [-0.15, -0.1) is 11.3 Å². The van der Waals surface area contributed by atoms with Gasteiger partial charge in [0.05, 0.1) is 5.75 Å². The van der Waals surface area contributed by atoms with E-state index < -0.39 is 0 Å². The largest absolute Gasteiger partial charge is 0.440 e. The van der Waals surface area contributed by atoms with Gasteiger partial charge in [0.25, 0.3) is 0 Å². The molecule has 0 saturated heterocycles. The van der Waals surface area contributed by atoms with Crippen LogP contribution in [-0.2, 0) is 5.75 Å². The van der Waals surface area contributed by atoms with Crippen LogP contribution >= 0.6 is 23.1 Å². The third-order valence-electron chi connectivity index (χ3n) is 2.19. The number of aromatic nitrogens is 2. The van der Waals surface area contributed by atoms with E-state index in [2.05, 4.69) is 9.97 Å². The van der Waals surface area contributed by atoms with Crippen LogP contribution in [0, 0.1) is 0 Å². The van der Waals surface area contributed by atoms with Crippen molar-refractivity contribution in [1.29, 1.82) is 0 Å². The maximum absolute atomic E-state index is 5.68. The summed E-state index contributed by atoms with van der Waals surface area (Å²) in [4.78, 5) is 8.58. The van der Waals surface area contributed by atoms with Crippen molar-refractivity contribution in [2.24, 2.45) is 0 Å². The van der Waals surface area contributed by atoms with Crippen LogP contribution in [-0.4, -0.2) is 9.97 Å². The Morgan fingerprint density at radius 2 is 2.35 bits per heavy atom. The number of nitrogens with two attached hydrogens (primary N) is 1. The molecule has 0 bridgehead atoms. The molecule has 0 spiro atoms. The van der Waals surface area contributed by atoms with Crippen molar-refractivity contribution in [3.05, 3.63) is 35.7 Å². The molecule has 1 aromatic carbocycles. The quantitative estimate of drug-likeness (QED) is 0.581. The van der Waals surface area contributed by atoms with Crippen LogP contribution in [0.25, 0.3) is 11.1 Å². The van der Waals surface area contributed by atoms with Crippen molar-refractivity contribution in [2.45, 2.75) is 10.1 Å². The monoisotopic (exact) mass is 263 g/mol. The molecule has 0 aliphatic rings. The average molecular weight is 263 g/mol. The van der Waals surface area contributed by atoms with E-state index in [1.54, 1.807) is 35.4 Å². The Bertz CT molecular complexity index is 633. The van der Waals surface area contributed by atoms with Crippen LogP contribution in [0.2, 0.25) is 0 Å². The lowest BCUT2D eigenvalue weighted by molar-refractivity contribution is 0.556. The second-order valence-corrected chi connectivity index (χ2v) is 5.54. The molecule has 0 atom stereocenters. The summed E-state index contributed by atoms with van der Waals surface area (Å²) in [5.41, 5.74) is 7.95. The van der Waals surface area contributed by atoms with E-state index in [1.807, 2.05) is 17.5 Å². The molecule has 17 heavy (non-hydrogen) atoms. The molecule has 0 radical (unpaired) electrons. The van der Waals surface area contributed by atoms with Gasteiger partial charge in [-0.05, 0) is 12.1 Å². The fraction of sp³-hybridized carbons (Fsp3) is 0.0909. The number of hydrogen-bond donors (Lipinski definition) is 1. The fourth-order valence-electron chi connectivity index (χ4n) is 1.46. The molecule has 0 aliphatic carbocycles. The van der Waals surface area contributed by atoms with Crippen molar-refractivity contribution >= 4 is 39.9 Å². The van der Waals surface area contributed by atoms with E-state index in [-0.39, 0.29) is 0 Å². The number of benzene rings is 1. The van der Waals surface area contributed by atoms with E-state index in [1.165, 1.54) is 0 Å². The van der Waals surface area contributed by atoms with Crippen molar-refractivity contribution in [1.82, 2.24) is 9.97 Å². The maximum Gasteiger partial charge on any atom is 0.205 e. The molecule has 4 nitrogen and oxygen atoms in total. The first-order valence-electron chi connectivity index (χ1n) is 4.98. The molecule has 2 N–H and O–H groups in total. The highest BCUT2D eigenvalue weighted by Crippen LogP contribution is 2.26. The van der Waals surface area contributed by atoms with Gasteiger partial charge in [-0.3, -0.25) is 0 Å². The second kappa shape index (κ2) is 4.38. The van der Waals surface area contributed by atoms with Crippen molar-refractivity contribution < 1.29 is 4.42 Å². The predicted molar refractivity (Wildman–Crippen MR) is 70.1 cm³/mol. The molecule has 2 heterocycles. The van der Waals surface area contributed by atoms with Gasteiger partial charge in [-0.25, -0.2) is 9.97 Å². The molecule has 0 saturated carbocycles. The number of thioether (sulfide) groups is 1. The first kappa shape index (κ1) is 10.6. The zero-order valence-corrected chi connectivity index (χ0v) is 10.4. The topological polar surface area (TPSA) is 64.9 Å². The Hall–Kier alpha value is -1.53. The number of nitrogen functional groups attached to an aromatic ring is 1. The van der Waals surface area contributed by atoms with Crippen LogP contribution in [0.3, 0.4) is 0 Å². The van der Waals surface area contributed by atoms with Gasteiger partial charge >= 0.3 is 0 Å². The Morgan fingerprint density at radius 3 is 3.18 bits per heavy atom. The number of fused-ring (bicyclic) bond motifs is 1. The van der Waals surface area contributed by atoms with Gasteiger partial charge in [0.2, 0.25) is 5.89 Å². The highest BCUT2D eigenvalue weighted by Gasteiger charge is 2.07. The van der Waals surface area contributed by atoms with Crippen LogP contribution in [0.5, 0.6) is 0 Å². The van der Waals surface area contributed by atoms with E-state index in [0.717, 1.165) is 15.4 Å². The normalized spacial score (nSPS) is 11.1. The second-order valence-electron chi connectivity index (χ2n) is 3.42. The predicted octanol–water partition coefficient (Wildman–Crippen LogP) is 3.16. The number of nitrogens with zero attached hydrogens (tertiary/aromatic N) is 2. The van der Waals surface area contributed by atoms with E-state index >= 15 is 0 Å². The lowest BCUT2D eigenvalue weighted by atomic mass is 10.3. The van der Waals surface area contributed by atoms with Crippen LogP contribution in [0.1, 0.15) is 5.89 Å². The average Bonchev–Trinajstić information content (AvgIpc) is 2.94. The minimum atomic E-state index is 0.683. The summed E-state index contributed by atoms with van der Waals surface area (Å²) >= 11 is 3.23. The Balaban J connectivity index is 1.81. The molecular formula is C11H9N3OS2. The van der Waals surface area contributed by atoms with Crippen LogP contribution < -0.4 is 5.73 Å². The zero-order valence-electron chi connectivity index (χ0n) is 8.79. The molecule has 0 fully saturated rings. The Labute approximate surface area is 106 Å². The van der Waals surface area contributed by atoms with Crippen LogP contribution in [0.15, 0.2) is 38.5 Å². The minimum absolute atomic E-state index is 0.683. The Morgan fingerprint density at radius 1 is 1.41 bits per heavy atom. The van der Waals surface area contributed by atoms with E-state index in [0.29, 0.717) is 17.3 Å². The van der Waals surface area contributed by atoms with Crippen molar-refractivity contribution in [2.75, 3.05) is 5.73 Å². The molecule has 0 unspecified atom stereocenters. The number of anilines is 1. The van der Waals surface area contributed by atoms with Crippen molar-refractivity contribution in [3.63, 3.8) is 0 Å². The first-order valence-corrected chi connectivity index (χ1v) is 6.85. The SMILES string of the molecule is Nc1ccc2nc(CSc3nccs3)oc2c1. The third-order valence-corrected chi connectivity index (χ3v) is 4.14. The summed E-state index contributed by atoms with van der Waals surface area (Å²) < 4.78 is 6.63. The van der Waals surface area contributed by atoms with Crippen molar-refractivity contribution in [3.8, 4) is 0 Å². The summed E-state index contributed by atoms with van der Waals surface area (Å²) in [5.74, 6) is 1.38. The maximum atomic E-state index is 5.68. The van der Waals surface area contributed by atoms with Gasteiger partial charge < -0.3 is 10.2 Å². The molecule has 0 aliphatic heterocycles. The lowest BCUT2D eigenvalue weighted by Crippen LogP contribution is -1.81. The summed E-state index contributed by atoms with van der Waals surface area (Å²) in [7, 11) is 0. The van der Waals surface area contributed by atoms with Crippen LogP contribution in [0.4, 0.5) is 5.69 Å². The third kappa shape index (κ3) is 2.27. The zero-order chi connectivity index (χ0) is 11.7. The molecule has 3 rings (SSSR count). The fourth-order valence-corrected chi connectivity index (χ4v) is 2.94. The van der Waals surface area contributed by atoms with Gasteiger partial charge in [0.1, 0.15) is 9.86 Å². The molecule has 0 amide bonds. The summed E-state index contributed by atoms with van der Waals surface area (Å²) in [6.45, 7) is 0. The molecule has 86 valence electrons.